The van der Waals surface area contributed by atoms with Gasteiger partial charge in [0.05, 0.1) is 5.56 Å². The summed E-state index contributed by atoms with van der Waals surface area (Å²) in [7, 11) is 0. The fourth-order valence-electron chi connectivity index (χ4n) is 1.70. The quantitative estimate of drug-likeness (QED) is 0.797. The molecule has 1 heterocycles. The number of nitrogens with zero attached hydrogens (tertiary/aromatic N) is 1. The Labute approximate surface area is 124 Å². The number of carbonyl (C=O) groups excluding carboxylic acids is 1. The van der Waals surface area contributed by atoms with Gasteiger partial charge in [-0.2, -0.15) is 0 Å². The van der Waals surface area contributed by atoms with Gasteiger partial charge < -0.3 is 15.6 Å². The second-order valence-corrected chi connectivity index (χ2v) is 5.87. The lowest BCUT2D eigenvalue weighted by Crippen LogP contribution is -2.45. The fraction of sp³-hybridized carbons (Fsp3) is 0.500. The molecule has 0 saturated heterocycles. The van der Waals surface area contributed by atoms with Gasteiger partial charge in [-0.1, -0.05) is 19.1 Å². The second kappa shape index (κ2) is 6.17. The zero-order valence-corrected chi connectivity index (χ0v) is 13.1. The van der Waals surface area contributed by atoms with E-state index in [0.29, 0.717) is 5.69 Å². The fourth-order valence-corrected chi connectivity index (χ4v) is 1.86. The van der Waals surface area contributed by atoms with Crippen molar-refractivity contribution in [2.45, 2.75) is 46.2 Å². The van der Waals surface area contributed by atoms with E-state index >= 15 is 0 Å². The Morgan fingerprint density at radius 2 is 2.05 bits per heavy atom. The van der Waals surface area contributed by atoms with Crippen molar-refractivity contribution in [2.75, 3.05) is 0 Å². The van der Waals surface area contributed by atoms with E-state index in [2.05, 4.69) is 5.32 Å². The van der Waals surface area contributed by atoms with E-state index in [4.69, 9.17) is 18.0 Å². The molecule has 0 aromatic carbocycles. The van der Waals surface area contributed by atoms with Gasteiger partial charge in [0.1, 0.15) is 11.5 Å². The van der Waals surface area contributed by atoms with Crippen LogP contribution < -0.4 is 16.6 Å². The van der Waals surface area contributed by atoms with E-state index in [1.165, 1.54) is 4.57 Å². The number of nitrogens with two attached hydrogens (primary N) is 1. The van der Waals surface area contributed by atoms with Crippen molar-refractivity contribution in [3.05, 3.63) is 33.7 Å². The Morgan fingerprint density at radius 3 is 2.55 bits per heavy atom. The number of aryl methyl sites for hydroxylation is 1. The third-order valence-corrected chi connectivity index (χ3v) is 3.54. The number of hydrogen-bond acceptors (Lipinski definition) is 3. The van der Waals surface area contributed by atoms with Gasteiger partial charge in [-0.15, -0.1) is 0 Å². The summed E-state index contributed by atoms with van der Waals surface area (Å²) in [4.78, 5) is 24.3. The third kappa shape index (κ3) is 3.90. The van der Waals surface area contributed by atoms with Crippen LogP contribution in [0.3, 0.4) is 0 Å². The average molecular weight is 295 g/mol. The van der Waals surface area contributed by atoms with Gasteiger partial charge in [0, 0.05) is 11.2 Å². The van der Waals surface area contributed by atoms with Crippen LogP contribution in [0, 0.1) is 6.92 Å². The second-order valence-electron chi connectivity index (χ2n) is 5.43. The number of pyridine rings is 1. The summed E-state index contributed by atoms with van der Waals surface area (Å²) in [6.45, 7) is 7.59. The number of aromatic nitrogens is 1. The number of rotatable bonds is 5. The number of hydrogen-bond donors (Lipinski definition) is 2. The molecule has 3 N–H and O–H groups in total. The highest BCUT2D eigenvalue weighted by Gasteiger charge is 2.19. The minimum absolute atomic E-state index is 0.0372. The largest absolute Gasteiger partial charge is 0.389 e. The van der Waals surface area contributed by atoms with Crippen LogP contribution in [0.25, 0.3) is 0 Å². The zero-order chi connectivity index (χ0) is 15.5. The first-order valence-electron chi connectivity index (χ1n) is 6.49. The predicted molar refractivity (Wildman–Crippen MR) is 83.8 cm³/mol. The van der Waals surface area contributed by atoms with Crippen LogP contribution in [0.15, 0.2) is 16.9 Å². The van der Waals surface area contributed by atoms with Crippen molar-refractivity contribution >= 4 is 23.1 Å². The minimum atomic E-state index is -0.332. The highest BCUT2D eigenvalue weighted by atomic mass is 32.1. The summed E-state index contributed by atoms with van der Waals surface area (Å²) in [5.74, 6) is -0.206. The van der Waals surface area contributed by atoms with Crippen LogP contribution in [-0.2, 0) is 11.3 Å². The van der Waals surface area contributed by atoms with Crippen LogP contribution in [0.2, 0.25) is 0 Å². The molecule has 0 atom stereocenters. The Balaban J connectivity index is 3.04. The normalized spacial score (nSPS) is 11.2. The van der Waals surface area contributed by atoms with Crippen molar-refractivity contribution in [3.8, 4) is 0 Å². The molecule has 0 aliphatic heterocycles. The van der Waals surface area contributed by atoms with Gasteiger partial charge in [0.2, 0.25) is 5.91 Å². The van der Waals surface area contributed by atoms with Gasteiger partial charge >= 0.3 is 0 Å². The molecule has 110 valence electrons. The van der Waals surface area contributed by atoms with Crippen molar-refractivity contribution in [1.29, 1.82) is 0 Å². The first-order chi connectivity index (χ1) is 9.18. The third-order valence-electron chi connectivity index (χ3n) is 3.32. The van der Waals surface area contributed by atoms with E-state index in [9.17, 15) is 9.59 Å². The Kier molecular flexibility index (Phi) is 5.05. The Bertz CT molecular complexity index is 591. The molecular weight excluding hydrogens is 274 g/mol. The van der Waals surface area contributed by atoms with E-state index in [1.807, 2.05) is 20.8 Å². The standard InChI is InChI=1S/C14H21N3O2S/c1-5-14(3,4)16-11(18)8-17-9(2)6-7-10(12(15)20)13(17)19/h6-7H,5,8H2,1-4H3,(H2,15,20)(H,16,18). The van der Waals surface area contributed by atoms with Crippen LogP contribution in [0.5, 0.6) is 0 Å². The van der Waals surface area contributed by atoms with Gasteiger partial charge in [0.25, 0.3) is 5.56 Å². The van der Waals surface area contributed by atoms with Crippen molar-refractivity contribution in [2.24, 2.45) is 5.73 Å². The van der Waals surface area contributed by atoms with Gasteiger partial charge in [-0.05, 0) is 39.3 Å². The summed E-state index contributed by atoms with van der Waals surface area (Å²) >= 11 is 4.84. The molecule has 0 unspecified atom stereocenters. The molecule has 6 heteroatoms. The summed E-state index contributed by atoms with van der Waals surface area (Å²) in [6.07, 6.45) is 0.805. The molecule has 0 fully saturated rings. The first-order valence-corrected chi connectivity index (χ1v) is 6.90. The maximum absolute atomic E-state index is 12.2. The van der Waals surface area contributed by atoms with Crippen LogP contribution in [0.1, 0.15) is 38.4 Å². The molecule has 0 saturated carbocycles. The molecule has 0 aliphatic carbocycles. The molecule has 1 aromatic heterocycles. The topological polar surface area (TPSA) is 77.1 Å². The lowest BCUT2D eigenvalue weighted by atomic mass is 10.0. The van der Waals surface area contributed by atoms with Crippen molar-refractivity contribution in [3.63, 3.8) is 0 Å². The Hall–Kier alpha value is -1.69. The SMILES string of the molecule is CCC(C)(C)NC(=O)Cn1c(C)ccc(C(N)=S)c1=O. The van der Waals surface area contributed by atoms with Gasteiger partial charge in [0.15, 0.2) is 0 Å². The molecule has 1 aromatic rings. The van der Waals surface area contributed by atoms with Gasteiger partial charge in [-0.25, -0.2) is 0 Å². The highest BCUT2D eigenvalue weighted by Crippen LogP contribution is 2.07. The smallest absolute Gasteiger partial charge is 0.261 e. The summed E-state index contributed by atoms with van der Waals surface area (Å²) in [6, 6.07) is 3.32. The minimum Gasteiger partial charge on any atom is -0.389 e. The first kappa shape index (κ1) is 16.4. The maximum atomic E-state index is 12.2. The molecule has 0 bridgehead atoms. The zero-order valence-electron chi connectivity index (χ0n) is 12.3. The lowest BCUT2D eigenvalue weighted by molar-refractivity contribution is -0.123. The molecular formula is C14H21N3O2S. The monoisotopic (exact) mass is 295 g/mol. The summed E-state index contributed by atoms with van der Waals surface area (Å²) < 4.78 is 1.38. The van der Waals surface area contributed by atoms with Crippen molar-refractivity contribution < 1.29 is 4.79 Å². The highest BCUT2D eigenvalue weighted by molar-refractivity contribution is 7.80. The Morgan fingerprint density at radius 1 is 1.45 bits per heavy atom. The number of nitrogens with one attached hydrogen (secondary N) is 1. The molecule has 5 nitrogen and oxygen atoms in total. The van der Waals surface area contributed by atoms with E-state index in [1.54, 1.807) is 19.1 Å². The predicted octanol–water partition coefficient (Wildman–Crippen LogP) is 1.10. The van der Waals surface area contributed by atoms with Crippen LogP contribution in [-0.4, -0.2) is 21.0 Å². The van der Waals surface area contributed by atoms with E-state index < -0.39 is 0 Å². The summed E-state index contributed by atoms with van der Waals surface area (Å²) in [5.41, 5.74) is 5.83. The molecule has 1 amide bonds. The number of amides is 1. The molecule has 0 spiro atoms. The van der Waals surface area contributed by atoms with Crippen molar-refractivity contribution in [1.82, 2.24) is 9.88 Å². The molecule has 20 heavy (non-hydrogen) atoms. The maximum Gasteiger partial charge on any atom is 0.261 e. The summed E-state index contributed by atoms with van der Waals surface area (Å²) in [5, 5.41) is 2.89. The number of carbonyl (C=O) groups is 1. The molecule has 0 aliphatic rings. The number of thiocarbonyl (C=S) groups is 1. The van der Waals surface area contributed by atoms with Crippen LogP contribution >= 0.6 is 12.2 Å². The van der Waals surface area contributed by atoms with E-state index in [0.717, 1.165) is 6.42 Å². The average Bonchev–Trinajstić information content (AvgIpc) is 2.33. The molecule has 0 radical (unpaired) electrons. The van der Waals surface area contributed by atoms with E-state index in [-0.39, 0.29) is 34.1 Å². The lowest BCUT2D eigenvalue weighted by Gasteiger charge is -2.25. The molecule has 1 rings (SSSR count). The van der Waals surface area contributed by atoms with Gasteiger partial charge in [-0.3, -0.25) is 9.59 Å². The van der Waals surface area contributed by atoms with Crippen LogP contribution in [0.4, 0.5) is 0 Å².